The quantitative estimate of drug-likeness (QED) is 0.832. The molecular formula is C20H23N3O3. The van der Waals surface area contributed by atoms with Gasteiger partial charge in [-0.25, -0.2) is 0 Å². The van der Waals surface area contributed by atoms with Crippen LogP contribution in [0.25, 0.3) is 0 Å². The third-order valence-corrected chi connectivity index (χ3v) is 5.44. The molecule has 2 bridgehead atoms. The number of aromatic nitrogens is 1. The molecule has 0 spiro atoms. The number of pyridine rings is 1. The largest absolute Gasteiger partial charge is 0.466 e. The van der Waals surface area contributed by atoms with Crippen LogP contribution in [0.3, 0.4) is 0 Å². The first-order valence-corrected chi connectivity index (χ1v) is 9.10. The Morgan fingerprint density at radius 2 is 2.00 bits per heavy atom. The van der Waals surface area contributed by atoms with Crippen LogP contribution in [0.1, 0.15) is 45.1 Å². The first kappa shape index (κ1) is 16.8. The molecular weight excluding hydrogens is 330 g/mol. The molecule has 6 heteroatoms. The zero-order valence-electron chi connectivity index (χ0n) is 15.1. The van der Waals surface area contributed by atoms with E-state index in [-0.39, 0.29) is 17.9 Å². The van der Waals surface area contributed by atoms with Gasteiger partial charge in [-0.05, 0) is 50.8 Å². The van der Waals surface area contributed by atoms with E-state index in [9.17, 15) is 9.59 Å². The Bertz CT molecular complexity index is 830. The highest BCUT2D eigenvalue weighted by molar-refractivity contribution is 5.96. The smallest absolute Gasteiger partial charge is 0.257 e. The molecule has 5 heterocycles. The van der Waals surface area contributed by atoms with E-state index in [0.717, 1.165) is 18.6 Å². The molecule has 3 aliphatic heterocycles. The molecule has 3 aliphatic rings. The van der Waals surface area contributed by atoms with Crippen LogP contribution in [0.15, 0.2) is 35.0 Å². The third-order valence-electron chi connectivity index (χ3n) is 5.44. The lowest BCUT2D eigenvalue weighted by Gasteiger charge is -2.36. The van der Waals surface area contributed by atoms with E-state index in [1.54, 1.807) is 24.5 Å². The maximum atomic E-state index is 13.1. The van der Waals surface area contributed by atoms with Crippen molar-refractivity contribution in [3.05, 3.63) is 53.2 Å². The van der Waals surface area contributed by atoms with E-state index < -0.39 is 0 Å². The maximum Gasteiger partial charge on any atom is 0.257 e. The molecule has 2 aromatic heterocycles. The minimum absolute atomic E-state index is 0.000338. The van der Waals surface area contributed by atoms with Crippen molar-refractivity contribution in [1.82, 2.24) is 14.8 Å². The van der Waals surface area contributed by atoms with Gasteiger partial charge in [0.05, 0.1) is 11.1 Å². The van der Waals surface area contributed by atoms with Gasteiger partial charge in [0, 0.05) is 38.1 Å². The predicted molar refractivity (Wildman–Crippen MR) is 95.9 cm³/mol. The summed E-state index contributed by atoms with van der Waals surface area (Å²) in [7, 11) is 0. The van der Waals surface area contributed by atoms with Crippen molar-refractivity contribution >= 4 is 11.8 Å². The summed E-state index contributed by atoms with van der Waals surface area (Å²) in [5.41, 5.74) is 1.24. The molecule has 0 saturated carbocycles. The Hall–Kier alpha value is -2.63. The first-order chi connectivity index (χ1) is 12.5. The van der Waals surface area contributed by atoms with Gasteiger partial charge in [-0.2, -0.15) is 0 Å². The number of aryl methyl sites for hydroxylation is 2. The van der Waals surface area contributed by atoms with Gasteiger partial charge in [-0.15, -0.1) is 0 Å². The number of piperidine rings is 1. The predicted octanol–water partition coefficient (Wildman–Crippen LogP) is 2.67. The molecule has 2 amide bonds. The summed E-state index contributed by atoms with van der Waals surface area (Å²) in [6.45, 7) is 5.65. The summed E-state index contributed by atoms with van der Waals surface area (Å²) in [4.78, 5) is 33.8. The first-order valence-electron chi connectivity index (χ1n) is 9.10. The van der Waals surface area contributed by atoms with Gasteiger partial charge in [0.2, 0.25) is 0 Å². The lowest BCUT2D eigenvalue weighted by Crippen LogP contribution is -2.47. The van der Waals surface area contributed by atoms with Gasteiger partial charge >= 0.3 is 0 Å². The summed E-state index contributed by atoms with van der Waals surface area (Å²) < 4.78 is 5.54. The highest BCUT2D eigenvalue weighted by atomic mass is 16.3. The van der Waals surface area contributed by atoms with E-state index in [0.29, 0.717) is 42.4 Å². The number of hydrogen-bond acceptors (Lipinski definition) is 4. The molecule has 0 aliphatic carbocycles. The molecule has 0 aromatic carbocycles. The van der Waals surface area contributed by atoms with Crippen LogP contribution in [0.4, 0.5) is 0 Å². The van der Waals surface area contributed by atoms with Gasteiger partial charge < -0.3 is 14.2 Å². The average molecular weight is 353 g/mol. The zero-order valence-corrected chi connectivity index (χ0v) is 15.1. The summed E-state index contributed by atoms with van der Waals surface area (Å²) >= 11 is 0. The molecule has 136 valence electrons. The Balaban J connectivity index is 1.56. The van der Waals surface area contributed by atoms with Crippen LogP contribution in [-0.4, -0.2) is 52.3 Å². The lowest BCUT2D eigenvalue weighted by atomic mass is 9.94. The van der Waals surface area contributed by atoms with Crippen molar-refractivity contribution < 1.29 is 14.0 Å². The zero-order chi connectivity index (χ0) is 18.3. The molecule has 3 saturated heterocycles. The summed E-state index contributed by atoms with van der Waals surface area (Å²) in [6, 6.07) is 5.44. The second-order valence-corrected chi connectivity index (χ2v) is 7.33. The number of hydrogen-bond donors (Lipinski definition) is 0. The molecule has 26 heavy (non-hydrogen) atoms. The number of fused-ring (bicyclic) bond motifs is 4. The van der Waals surface area contributed by atoms with Crippen LogP contribution >= 0.6 is 0 Å². The average Bonchev–Trinajstić information content (AvgIpc) is 2.82. The number of carbonyl (C=O) groups is 2. The normalized spacial score (nSPS) is 22.4. The van der Waals surface area contributed by atoms with Crippen LogP contribution in [-0.2, 0) is 0 Å². The van der Waals surface area contributed by atoms with Crippen LogP contribution in [0.5, 0.6) is 0 Å². The van der Waals surface area contributed by atoms with Gasteiger partial charge in [0.15, 0.2) is 0 Å². The lowest BCUT2D eigenvalue weighted by molar-refractivity contribution is 0.0572. The minimum Gasteiger partial charge on any atom is -0.466 e. The Kier molecular flexibility index (Phi) is 4.26. The van der Waals surface area contributed by atoms with E-state index in [2.05, 4.69) is 4.98 Å². The minimum atomic E-state index is -0.000338. The molecule has 0 unspecified atom stereocenters. The van der Waals surface area contributed by atoms with Crippen molar-refractivity contribution in [3.8, 4) is 0 Å². The van der Waals surface area contributed by atoms with Crippen molar-refractivity contribution in [1.29, 1.82) is 0 Å². The Morgan fingerprint density at radius 1 is 1.15 bits per heavy atom. The van der Waals surface area contributed by atoms with Crippen LogP contribution in [0, 0.1) is 19.8 Å². The summed E-state index contributed by atoms with van der Waals surface area (Å²) in [6.07, 6.45) is 5.26. The topological polar surface area (TPSA) is 66.7 Å². The monoisotopic (exact) mass is 353 g/mol. The molecule has 5 rings (SSSR count). The fourth-order valence-corrected chi connectivity index (χ4v) is 4.17. The Labute approximate surface area is 152 Å². The molecule has 0 N–H and O–H groups in total. The van der Waals surface area contributed by atoms with Gasteiger partial charge in [-0.3, -0.25) is 14.6 Å². The maximum absolute atomic E-state index is 13.1. The molecule has 2 aromatic rings. The SMILES string of the molecule is Cc1cc(C(=O)N2C[C@H]3CC[C@@H]2CN(C(=O)c2cccnc2)C3)c(C)o1. The van der Waals surface area contributed by atoms with Crippen LogP contribution < -0.4 is 0 Å². The summed E-state index contributed by atoms with van der Waals surface area (Å²) in [5, 5.41) is 0. The standard InChI is InChI=1S/C20H23N3O3/c1-13-8-18(14(2)26-13)20(25)23-11-15-5-6-17(23)12-22(10-15)19(24)16-4-3-7-21-9-16/h3-4,7-9,15,17H,5-6,10-12H2,1-2H3/t15-,17+/m0/s1. The fourth-order valence-electron chi connectivity index (χ4n) is 4.17. The van der Waals surface area contributed by atoms with Crippen molar-refractivity contribution in [3.63, 3.8) is 0 Å². The molecule has 6 nitrogen and oxygen atoms in total. The second-order valence-electron chi connectivity index (χ2n) is 7.33. The number of carbonyl (C=O) groups excluding carboxylic acids is 2. The molecule has 2 atom stereocenters. The van der Waals surface area contributed by atoms with Crippen molar-refractivity contribution in [2.75, 3.05) is 19.6 Å². The Morgan fingerprint density at radius 3 is 2.69 bits per heavy atom. The van der Waals surface area contributed by atoms with Gasteiger partial charge in [-0.1, -0.05) is 0 Å². The fraction of sp³-hybridized carbons (Fsp3) is 0.450. The third kappa shape index (κ3) is 3.00. The number of nitrogens with zero attached hydrogens (tertiary/aromatic N) is 3. The van der Waals surface area contributed by atoms with Crippen LogP contribution in [0.2, 0.25) is 0 Å². The van der Waals surface area contributed by atoms with E-state index >= 15 is 0 Å². The van der Waals surface area contributed by atoms with Gasteiger partial charge in [0.25, 0.3) is 11.8 Å². The highest BCUT2D eigenvalue weighted by Crippen LogP contribution is 2.30. The van der Waals surface area contributed by atoms with E-state index in [1.165, 1.54) is 0 Å². The molecule has 0 radical (unpaired) electrons. The van der Waals surface area contributed by atoms with Gasteiger partial charge in [0.1, 0.15) is 11.5 Å². The number of amides is 2. The molecule has 3 fully saturated rings. The number of furan rings is 1. The van der Waals surface area contributed by atoms with E-state index in [4.69, 9.17) is 4.42 Å². The number of rotatable bonds is 2. The summed E-state index contributed by atoms with van der Waals surface area (Å²) in [5.74, 6) is 1.74. The highest BCUT2D eigenvalue weighted by Gasteiger charge is 2.39. The van der Waals surface area contributed by atoms with E-state index in [1.807, 2.05) is 29.7 Å². The van der Waals surface area contributed by atoms with Crippen molar-refractivity contribution in [2.45, 2.75) is 32.7 Å². The second kappa shape index (κ2) is 6.59. The van der Waals surface area contributed by atoms with Crippen molar-refractivity contribution in [2.24, 2.45) is 5.92 Å².